The Balaban J connectivity index is 2.01. The fourth-order valence-corrected chi connectivity index (χ4v) is 2.71. The van der Waals surface area contributed by atoms with Crippen LogP contribution in [0.1, 0.15) is 25.1 Å². The van der Waals surface area contributed by atoms with Gasteiger partial charge in [-0.05, 0) is 23.8 Å². The Bertz CT molecular complexity index is 709. The molecule has 0 atom stereocenters. The molecule has 0 aliphatic heterocycles. The molecule has 0 unspecified atom stereocenters. The van der Waals surface area contributed by atoms with Gasteiger partial charge in [0.1, 0.15) is 0 Å². The van der Waals surface area contributed by atoms with Gasteiger partial charge in [0.15, 0.2) is 11.5 Å². The van der Waals surface area contributed by atoms with Crippen LogP contribution in [0, 0.1) is 0 Å². The highest BCUT2D eigenvalue weighted by atomic mass is 32.1. The minimum absolute atomic E-state index is 0.142. The number of thiazole rings is 1. The van der Waals surface area contributed by atoms with E-state index in [4.69, 9.17) is 9.47 Å². The van der Waals surface area contributed by atoms with E-state index in [1.54, 1.807) is 25.8 Å². The normalized spacial score (nSPS) is 11.5. The summed E-state index contributed by atoms with van der Waals surface area (Å²) in [7, 11) is 3.22. The van der Waals surface area contributed by atoms with E-state index in [1.807, 2.05) is 23.6 Å². The number of rotatable bonds is 7. The predicted molar refractivity (Wildman–Crippen MR) is 96.7 cm³/mol. The van der Waals surface area contributed by atoms with Crippen LogP contribution in [0.5, 0.6) is 11.5 Å². The second-order valence-corrected chi connectivity index (χ2v) is 6.64. The van der Waals surface area contributed by atoms with Crippen molar-refractivity contribution >= 4 is 23.3 Å². The van der Waals surface area contributed by atoms with Gasteiger partial charge in [-0.3, -0.25) is 4.79 Å². The third-order valence-electron chi connectivity index (χ3n) is 3.73. The number of amides is 1. The maximum Gasteiger partial charge on any atom is 0.244 e. The molecule has 1 aromatic heterocycles. The van der Waals surface area contributed by atoms with Crippen LogP contribution in [0.4, 0.5) is 0 Å². The number of aromatic nitrogens is 1. The van der Waals surface area contributed by atoms with Crippen LogP contribution in [0.3, 0.4) is 0 Å². The van der Waals surface area contributed by atoms with Crippen molar-refractivity contribution in [1.29, 1.82) is 0 Å². The maximum absolute atomic E-state index is 12.0. The minimum Gasteiger partial charge on any atom is -0.493 e. The maximum atomic E-state index is 12.0. The van der Waals surface area contributed by atoms with Gasteiger partial charge in [0, 0.05) is 23.4 Å². The van der Waals surface area contributed by atoms with Crippen molar-refractivity contribution in [2.75, 3.05) is 20.8 Å². The number of nitrogens with one attached hydrogen (secondary N) is 1. The molecule has 2 rings (SSSR count). The van der Waals surface area contributed by atoms with Crippen LogP contribution in [0.2, 0.25) is 0 Å². The number of hydrogen-bond donors (Lipinski definition) is 1. The molecule has 1 N–H and O–H groups in total. The first-order valence-electron chi connectivity index (χ1n) is 7.53. The van der Waals surface area contributed by atoms with Gasteiger partial charge >= 0.3 is 0 Å². The molecular weight excluding hydrogens is 324 g/mol. The first-order chi connectivity index (χ1) is 11.5. The van der Waals surface area contributed by atoms with Crippen molar-refractivity contribution in [2.24, 2.45) is 0 Å². The van der Waals surface area contributed by atoms with Crippen LogP contribution in [-0.4, -0.2) is 31.7 Å². The summed E-state index contributed by atoms with van der Waals surface area (Å²) in [5.74, 6) is 1.22. The quantitative estimate of drug-likeness (QED) is 0.782. The number of carbonyl (C=O) groups excluding carboxylic acids is 1. The Kier molecular flexibility index (Phi) is 5.98. The highest BCUT2D eigenvalue weighted by Gasteiger charge is 2.22. The Morgan fingerprint density at radius 3 is 2.67 bits per heavy atom. The van der Waals surface area contributed by atoms with Crippen molar-refractivity contribution in [3.63, 3.8) is 0 Å². The molecule has 0 radical (unpaired) electrons. The molecule has 0 fully saturated rings. The van der Waals surface area contributed by atoms with Crippen molar-refractivity contribution in [1.82, 2.24) is 10.3 Å². The summed E-state index contributed by atoms with van der Waals surface area (Å²) in [6, 6.07) is 5.80. The predicted octanol–water partition coefficient (Wildman–Crippen LogP) is 3.27. The number of benzene rings is 1. The molecule has 1 amide bonds. The Morgan fingerprint density at radius 2 is 2.04 bits per heavy atom. The summed E-state index contributed by atoms with van der Waals surface area (Å²) in [5, 5.41) is 4.81. The van der Waals surface area contributed by atoms with Crippen molar-refractivity contribution in [2.45, 2.75) is 19.3 Å². The molecule has 24 heavy (non-hydrogen) atoms. The summed E-state index contributed by atoms with van der Waals surface area (Å²) in [4.78, 5) is 16.1. The lowest BCUT2D eigenvalue weighted by Gasteiger charge is -2.26. The van der Waals surface area contributed by atoms with Crippen LogP contribution in [0.25, 0.3) is 6.08 Å². The second kappa shape index (κ2) is 7.97. The van der Waals surface area contributed by atoms with E-state index in [1.165, 1.54) is 17.4 Å². The largest absolute Gasteiger partial charge is 0.493 e. The molecule has 0 bridgehead atoms. The molecule has 1 aromatic carbocycles. The van der Waals surface area contributed by atoms with E-state index in [0.717, 1.165) is 11.3 Å². The summed E-state index contributed by atoms with van der Waals surface area (Å²) < 4.78 is 10.6. The summed E-state index contributed by atoms with van der Waals surface area (Å²) >= 11 is 1.50. The van der Waals surface area contributed by atoms with E-state index in [9.17, 15) is 4.79 Å². The first kappa shape index (κ1) is 18.0. The Labute approximate surface area is 146 Å². The molecule has 0 aliphatic rings. The van der Waals surface area contributed by atoms with Crippen molar-refractivity contribution in [3.05, 3.63) is 46.4 Å². The van der Waals surface area contributed by atoms with E-state index < -0.39 is 0 Å². The van der Waals surface area contributed by atoms with Crippen molar-refractivity contribution in [3.8, 4) is 11.5 Å². The SMILES string of the molecule is COc1ccc(C(C)(C)CNC(=O)/C=C\c2cscn2)cc1OC. The van der Waals surface area contributed by atoms with E-state index in [2.05, 4.69) is 24.1 Å². The van der Waals surface area contributed by atoms with Gasteiger partial charge in [0.05, 0.1) is 25.4 Å². The van der Waals surface area contributed by atoms with Gasteiger partial charge in [-0.2, -0.15) is 0 Å². The van der Waals surface area contributed by atoms with Crippen LogP contribution in [-0.2, 0) is 10.2 Å². The molecule has 0 saturated heterocycles. The Hall–Kier alpha value is -2.34. The topological polar surface area (TPSA) is 60.5 Å². The number of hydrogen-bond acceptors (Lipinski definition) is 5. The molecule has 128 valence electrons. The van der Waals surface area contributed by atoms with E-state index >= 15 is 0 Å². The zero-order valence-corrected chi connectivity index (χ0v) is 15.1. The molecule has 0 saturated carbocycles. The molecule has 0 spiro atoms. The first-order valence-corrected chi connectivity index (χ1v) is 8.47. The fraction of sp³-hybridized carbons (Fsp3) is 0.333. The van der Waals surface area contributed by atoms with Gasteiger partial charge in [0.25, 0.3) is 0 Å². The molecule has 1 heterocycles. The van der Waals surface area contributed by atoms with Gasteiger partial charge < -0.3 is 14.8 Å². The zero-order valence-electron chi connectivity index (χ0n) is 14.3. The van der Waals surface area contributed by atoms with Gasteiger partial charge in [0.2, 0.25) is 5.91 Å². The third kappa shape index (κ3) is 4.58. The highest BCUT2D eigenvalue weighted by molar-refractivity contribution is 7.07. The monoisotopic (exact) mass is 346 g/mol. The lowest BCUT2D eigenvalue weighted by Crippen LogP contribution is -2.35. The van der Waals surface area contributed by atoms with Gasteiger partial charge in [-0.15, -0.1) is 11.3 Å². The standard InChI is InChI=1S/C18H22N2O3S/c1-18(2,13-5-7-15(22-3)16(9-13)23-4)11-19-17(21)8-6-14-10-24-12-20-14/h5-10,12H,11H2,1-4H3,(H,19,21)/b8-6-. The lowest BCUT2D eigenvalue weighted by atomic mass is 9.84. The number of methoxy groups -OCH3 is 2. The van der Waals surface area contributed by atoms with E-state index in [0.29, 0.717) is 18.0 Å². The number of carbonyl (C=O) groups is 1. The summed E-state index contributed by atoms with van der Waals surface area (Å²) in [5.41, 5.74) is 3.33. The second-order valence-electron chi connectivity index (χ2n) is 5.92. The highest BCUT2D eigenvalue weighted by Crippen LogP contribution is 2.32. The smallest absolute Gasteiger partial charge is 0.244 e. The third-order valence-corrected chi connectivity index (χ3v) is 4.33. The number of ether oxygens (including phenoxy) is 2. The summed E-state index contributed by atoms with van der Waals surface area (Å²) in [6.07, 6.45) is 3.20. The van der Waals surface area contributed by atoms with Gasteiger partial charge in [-0.1, -0.05) is 19.9 Å². The van der Waals surface area contributed by atoms with Crippen LogP contribution in [0.15, 0.2) is 35.2 Å². The van der Waals surface area contributed by atoms with Crippen LogP contribution >= 0.6 is 11.3 Å². The molecular formula is C18H22N2O3S. The molecule has 0 aliphatic carbocycles. The molecule has 5 nitrogen and oxygen atoms in total. The zero-order chi connectivity index (χ0) is 17.6. The number of nitrogens with zero attached hydrogens (tertiary/aromatic N) is 1. The lowest BCUT2D eigenvalue weighted by molar-refractivity contribution is -0.116. The summed E-state index contributed by atoms with van der Waals surface area (Å²) in [6.45, 7) is 4.64. The average Bonchev–Trinajstić information content (AvgIpc) is 3.11. The fourth-order valence-electron chi connectivity index (χ4n) is 2.19. The Morgan fingerprint density at radius 1 is 1.29 bits per heavy atom. The minimum atomic E-state index is -0.246. The molecule has 6 heteroatoms. The van der Waals surface area contributed by atoms with Crippen LogP contribution < -0.4 is 14.8 Å². The molecule has 2 aromatic rings. The van der Waals surface area contributed by atoms with Crippen molar-refractivity contribution < 1.29 is 14.3 Å². The average molecular weight is 346 g/mol. The van der Waals surface area contributed by atoms with Gasteiger partial charge in [-0.25, -0.2) is 4.98 Å². The van der Waals surface area contributed by atoms with E-state index in [-0.39, 0.29) is 11.3 Å².